The predicted molar refractivity (Wildman–Crippen MR) is 134 cm³/mol. The molecular formula is C26H38N2O4S. The van der Waals surface area contributed by atoms with Crippen molar-refractivity contribution in [1.82, 2.24) is 9.80 Å². The van der Waals surface area contributed by atoms with Crippen molar-refractivity contribution < 1.29 is 19.1 Å². The molecule has 0 aliphatic rings. The van der Waals surface area contributed by atoms with Gasteiger partial charge in [-0.1, -0.05) is 39.8 Å². The highest BCUT2D eigenvalue weighted by molar-refractivity contribution is 7.09. The Hall–Kier alpha value is -2.54. The van der Waals surface area contributed by atoms with E-state index in [9.17, 15) is 9.59 Å². The summed E-state index contributed by atoms with van der Waals surface area (Å²) in [7, 11) is 3.23. The van der Waals surface area contributed by atoms with E-state index >= 15 is 0 Å². The number of hydrogen-bond acceptors (Lipinski definition) is 5. The summed E-state index contributed by atoms with van der Waals surface area (Å²) in [4.78, 5) is 30.9. The molecule has 0 saturated heterocycles. The Kier molecular flexibility index (Phi) is 10.7. The van der Waals surface area contributed by atoms with Gasteiger partial charge < -0.3 is 19.3 Å². The van der Waals surface area contributed by atoms with Crippen LogP contribution in [0.5, 0.6) is 11.5 Å². The molecule has 1 aromatic heterocycles. The molecule has 0 N–H and O–H groups in total. The summed E-state index contributed by atoms with van der Waals surface area (Å²) in [5, 5.41) is 2.02. The first-order chi connectivity index (χ1) is 15.7. The average molecular weight is 475 g/mol. The second kappa shape index (κ2) is 13.2. The fourth-order valence-electron chi connectivity index (χ4n) is 3.62. The lowest BCUT2D eigenvalue weighted by Crippen LogP contribution is -2.44. The van der Waals surface area contributed by atoms with Gasteiger partial charge in [-0.05, 0) is 47.4 Å². The monoisotopic (exact) mass is 474 g/mol. The first kappa shape index (κ1) is 26.7. The second-order valence-corrected chi connectivity index (χ2v) is 10.1. The van der Waals surface area contributed by atoms with Crippen LogP contribution in [-0.2, 0) is 22.6 Å². The molecule has 1 heterocycles. The van der Waals surface area contributed by atoms with E-state index in [4.69, 9.17) is 9.47 Å². The van der Waals surface area contributed by atoms with Crippen LogP contribution in [0.2, 0.25) is 0 Å². The fourth-order valence-corrected chi connectivity index (χ4v) is 4.34. The Bertz CT molecular complexity index is 880. The molecular weight excluding hydrogens is 436 g/mol. The van der Waals surface area contributed by atoms with E-state index < -0.39 is 0 Å². The summed E-state index contributed by atoms with van der Waals surface area (Å²) in [6.45, 7) is 9.98. The van der Waals surface area contributed by atoms with Crippen molar-refractivity contribution in [3.8, 4) is 11.5 Å². The van der Waals surface area contributed by atoms with Gasteiger partial charge in [-0.2, -0.15) is 0 Å². The van der Waals surface area contributed by atoms with Crippen LogP contribution in [0.15, 0.2) is 35.7 Å². The lowest BCUT2D eigenvalue weighted by Gasteiger charge is -2.29. The SMILES string of the molecule is COc1ccc(CCN(Cc2cccs2)C(=O)CN(CC(C)C)C(=O)CC(C)C)cc1OC. The summed E-state index contributed by atoms with van der Waals surface area (Å²) in [6.07, 6.45) is 1.14. The Balaban J connectivity index is 2.16. The first-order valence-electron chi connectivity index (χ1n) is 11.5. The van der Waals surface area contributed by atoms with E-state index in [2.05, 4.69) is 13.8 Å². The van der Waals surface area contributed by atoms with E-state index in [1.807, 2.05) is 54.5 Å². The van der Waals surface area contributed by atoms with Crippen molar-refractivity contribution in [3.63, 3.8) is 0 Å². The predicted octanol–water partition coefficient (Wildman–Crippen LogP) is 4.87. The fraction of sp³-hybridized carbons (Fsp3) is 0.538. The van der Waals surface area contributed by atoms with E-state index in [0.29, 0.717) is 49.9 Å². The molecule has 2 amide bonds. The molecule has 0 aliphatic carbocycles. The largest absolute Gasteiger partial charge is 0.493 e. The molecule has 0 bridgehead atoms. The Morgan fingerprint density at radius 3 is 2.24 bits per heavy atom. The summed E-state index contributed by atoms with van der Waals surface area (Å²) in [6, 6.07) is 9.86. The van der Waals surface area contributed by atoms with Gasteiger partial charge in [-0.3, -0.25) is 9.59 Å². The molecule has 0 spiro atoms. The Morgan fingerprint density at radius 2 is 1.67 bits per heavy atom. The number of nitrogens with zero attached hydrogens (tertiary/aromatic N) is 2. The van der Waals surface area contributed by atoms with Crippen molar-refractivity contribution in [2.45, 2.75) is 47.1 Å². The molecule has 7 heteroatoms. The van der Waals surface area contributed by atoms with Gasteiger partial charge in [-0.25, -0.2) is 0 Å². The lowest BCUT2D eigenvalue weighted by molar-refractivity contribution is -0.141. The lowest BCUT2D eigenvalue weighted by atomic mass is 10.1. The zero-order valence-corrected chi connectivity index (χ0v) is 21.6. The smallest absolute Gasteiger partial charge is 0.242 e. The van der Waals surface area contributed by atoms with Gasteiger partial charge in [0.05, 0.1) is 27.3 Å². The van der Waals surface area contributed by atoms with Crippen LogP contribution in [0.3, 0.4) is 0 Å². The van der Waals surface area contributed by atoms with Crippen molar-refractivity contribution in [3.05, 3.63) is 46.2 Å². The van der Waals surface area contributed by atoms with Crippen LogP contribution in [0.4, 0.5) is 0 Å². The van der Waals surface area contributed by atoms with Crippen LogP contribution in [0.25, 0.3) is 0 Å². The molecule has 0 unspecified atom stereocenters. The zero-order chi connectivity index (χ0) is 24.4. The molecule has 6 nitrogen and oxygen atoms in total. The normalized spacial score (nSPS) is 11.0. The van der Waals surface area contributed by atoms with Gasteiger partial charge in [0, 0.05) is 24.4 Å². The number of carbonyl (C=O) groups excluding carboxylic acids is 2. The Morgan fingerprint density at radius 1 is 0.939 bits per heavy atom. The minimum atomic E-state index is -0.0263. The zero-order valence-electron chi connectivity index (χ0n) is 20.8. The number of benzene rings is 1. The number of thiophene rings is 1. The van der Waals surface area contributed by atoms with Crippen LogP contribution >= 0.6 is 11.3 Å². The van der Waals surface area contributed by atoms with E-state index in [1.165, 1.54) is 0 Å². The molecule has 1 aromatic carbocycles. The topological polar surface area (TPSA) is 59.1 Å². The number of methoxy groups -OCH3 is 2. The first-order valence-corrected chi connectivity index (χ1v) is 12.4. The highest BCUT2D eigenvalue weighted by Crippen LogP contribution is 2.28. The van der Waals surface area contributed by atoms with Crippen molar-refractivity contribution in [1.29, 1.82) is 0 Å². The number of amides is 2. The second-order valence-electron chi connectivity index (χ2n) is 9.10. The van der Waals surface area contributed by atoms with Crippen LogP contribution in [0, 0.1) is 11.8 Å². The van der Waals surface area contributed by atoms with E-state index in [-0.39, 0.29) is 24.3 Å². The van der Waals surface area contributed by atoms with Gasteiger partial charge >= 0.3 is 0 Å². The molecule has 2 aromatic rings. The van der Waals surface area contributed by atoms with Crippen LogP contribution in [-0.4, -0.2) is 55.5 Å². The molecule has 182 valence electrons. The maximum atomic E-state index is 13.4. The molecule has 2 rings (SSSR count). The number of rotatable bonds is 13. The molecule has 0 atom stereocenters. The summed E-state index contributed by atoms with van der Waals surface area (Å²) in [5.74, 6) is 1.93. The van der Waals surface area contributed by atoms with Gasteiger partial charge in [0.15, 0.2) is 11.5 Å². The summed E-state index contributed by atoms with van der Waals surface area (Å²) >= 11 is 1.63. The molecule has 0 radical (unpaired) electrons. The Labute approximate surface area is 202 Å². The number of hydrogen-bond donors (Lipinski definition) is 0. The molecule has 0 fully saturated rings. The van der Waals surface area contributed by atoms with Gasteiger partial charge in [0.2, 0.25) is 11.8 Å². The maximum absolute atomic E-state index is 13.4. The standard InChI is InChI=1S/C26H38N2O4S/c1-19(2)14-25(29)28(16-20(3)4)18-26(30)27(17-22-8-7-13-33-22)12-11-21-9-10-23(31-5)24(15-21)32-6/h7-10,13,15,19-20H,11-12,14,16-18H2,1-6H3. The third-order valence-electron chi connectivity index (χ3n) is 5.25. The van der Waals surface area contributed by atoms with E-state index in [1.54, 1.807) is 30.5 Å². The highest BCUT2D eigenvalue weighted by Gasteiger charge is 2.23. The van der Waals surface area contributed by atoms with E-state index in [0.717, 1.165) is 10.4 Å². The number of ether oxygens (including phenoxy) is 2. The van der Waals surface area contributed by atoms with Crippen molar-refractivity contribution >= 4 is 23.2 Å². The third-order valence-corrected chi connectivity index (χ3v) is 6.11. The minimum Gasteiger partial charge on any atom is -0.493 e. The maximum Gasteiger partial charge on any atom is 0.242 e. The van der Waals surface area contributed by atoms with Crippen LogP contribution < -0.4 is 9.47 Å². The quantitative estimate of drug-likeness (QED) is 0.416. The summed E-state index contributed by atoms with van der Waals surface area (Å²) in [5.41, 5.74) is 1.06. The van der Waals surface area contributed by atoms with Gasteiger partial charge in [0.25, 0.3) is 0 Å². The van der Waals surface area contributed by atoms with Crippen molar-refractivity contribution in [2.75, 3.05) is 33.9 Å². The average Bonchev–Trinajstić information content (AvgIpc) is 3.28. The highest BCUT2D eigenvalue weighted by atomic mass is 32.1. The minimum absolute atomic E-state index is 0.0263. The summed E-state index contributed by atoms with van der Waals surface area (Å²) < 4.78 is 10.7. The molecule has 0 aliphatic heterocycles. The van der Waals surface area contributed by atoms with Gasteiger partial charge in [0.1, 0.15) is 0 Å². The van der Waals surface area contributed by atoms with Gasteiger partial charge in [-0.15, -0.1) is 11.3 Å². The molecule has 33 heavy (non-hydrogen) atoms. The molecule has 0 saturated carbocycles. The number of carbonyl (C=O) groups is 2. The van der Waals surface area contributed by atoms with Crippen LogP contribution in [0.1, 0.15) is 44.6 Å². The third kappa shape index (κ3) is 8.72. The van der Waals surface area contributed by atoms with Crippen molar-refractivity contribution in [2.24, 2.45) is 11.8 Å².